The van der Waals surface area contributed by atoms with Crippen molar-refractivity contribution in [1.29, 1.82) is 0 Å². The van der Waals surface area contributed by atoms with Crippen molar-refractivity contribution in [1.82, 2.24) is 9.38 Å². The van der Waals surface area contributed by atoms with Crippen LogP contribution >= 0.6 is 0 Å². The lowest BCUT2D eigenvalue weighted by Crippen LogP contribution is -2.05. The van der Waals surface area contributed by atoms with Gasteiger partial charge in [-0.15, -0.1) is 0 Å². The van der Waals surface area contributed by atoms with Crippen molar-refractivity contribution in [2.45, 2.75) is 12.6 Å². The van der Waals surface area contributed by atoms with E-state index < -0.39 is 11.7 Å². The van der Waals surface area contributed by atoms with Crippen LogP contribution in [0, 0.1) is 0 Å². The smallest absolute Gasteiger partial charge is 0.330 e. The average molecular weight is 229 g/mol. The number of pyridine rings is 1. The minimum absolute atomic E-state index is 0.290. The first-order valence-electron chi connectivity index (χ1n) is 4.75. The molecule has 6 heteroatoms. The number of nitrogens with zero attached hydrogens (tertiary/aromatic N) is 2. The number of nitrogens with two attached hydrogens (primary N) is 1. The third-order valence-corrected chi connectivity index (χ3v) is 2.24. The van der Waals surface area contributed by atoms with Gasteiger partial charge in [0.05, 0.1) is 11.3 Å². The van der Waals surface area contributed by atoms with Gasteiger partial charge in [0.25, 0.3) is 0 Å². The zero-order valence-corrected chi connectivity index (χ0v) is 8.33. The SMILES string of the molecule is NCCc1cn2ccc(C(F)(F)F)cc2n1. The predicted molar refractivity (Wildman–Crippen MR) is 53.0 cm³/mol. The Morgan fingerprint density at radius 2 is 2.12 bits per heavy atom. The number of rotatable bonds is 2. The van der Waals surface area contributed by atoms with Crippen molar-refractivity contribution < 1.29 is 13.2 Å². The summed E-state index contributed by atoms with van der Waals surface area (Å²) in [5.41, 5.74) is 5.65. The lowest BCUT2D eigenvalue weighted by molar-refractivity contribution is -0.137. The third kappa shape index (κ3) is 2.01. The molecule has 0 saturated heterocycles. The number of halogens is 3. The molecule has 0 saturated carbocycles. The van der Waals surface area contributed by atoms with Crippen LogP contribution in [0.2, 0.25) is 0 Å². The summed E-state index contributed by atoms with van der Waals surface area (Å²) in [6.07, 6.45) is -0.738. The molecule has 0 aliphatic rings. The molecular weight excluding hydrogens is 219 g/mol. The standard InChI is InChI=1S/C10H10F3N3/c11-10(12,13)7-2-4-16-6-8(1-3-14)15-9(16)5-7/h2,4-6H,1,3,14H2. The summed E-state index contributed by atoms with van der Waals surface area (Å²) in [4.78, 5) is 4.06. The molecule has 0 atom stereocenters. The Hall–Kier alpha value is -1.56. The van der Waals surface area contributed by atoms with E-state index >= 15 is 0 Å². The quantitative estimate of drug-likeness (QED) is 0.854. The van der Waals surface area contributed by atoms with E-state index in [0.717, 1.165) is 12.1 Å². The second-order valence-electron chi connectivity index (χ2n) is 3.45. The Labute approximate surface area is 89.7 Å². The normalized spacial score (nSPS) is 12.2. The van der Waals surface area contributed by atoms with E-state index in [4.69, 9.17) is 5.73 Å². The summed E-state index contributed by atoms with van der Waals surface area (Å²) in [5, 5.41) is 0. The van der Waals surface area contributed by atoms with Crippen LogP contribution in [0.4, 0.5) is 13.2 Å². The molecule has 0 spiro atoms. The Balaban J connectivity index is 2.46. The maximum atomic E-state index is 12.4. The Morgan fingerprint density at radius 1 is 1.38 bits per heavy atom. The fourth-order valence-electron chi connectivity index (χ4n) is 1.48. The lowest BCUT2D eigenvalue weighted by Gasteiger charge is -2.05. The maximum Gasteiger partial charge on any atom is 0.416 e. The molecule has 2 rings (SSSR count). The number of imidazole rings is 1. The van der Waals surface area contributed by atoms with Crippen LogP contribution in [0.5, 0.6) is 0 Å². The highest BCUT2D eigenvalue weighted by molar-refractivity contribution is 5.43. The zero-order valence-electron chi connectivity index (χ0n) is 8.33. The summed E-state index contributed by atoms with van der Waals surface area (Å²) >= 11 is 0. The first-order chi connectivity index (χ1) is 7.50. The molecule has 2 N–H and O–H groups in total. The lowest BCUT2D eigenvalue weighted by atomic mass is 10.2. The van der Waals surface area contributed by atoms with E-state index in [1.807, 2.05) is 0 Å². The van der Waals surface area contributed by atoms with Gasteiger partial charge in [-0.25, -0.2) is 4.98 Å². The van der Waals surface area contributed by atoms with Gasteiger partial charge in [0.1, 0.15) is 5.65 Å². The van der Waals surface area contributed by atoms with Crippen molar-refractivity contribution in [2.75, 3.05) is 6.54 Å². The van der Waals surface area contributed by atoms with Crippen molar-refractivity contribution in [2.24, 2.45) is 5.73 Å². The second-order valence-corrected chi connectivity index (χ2v) is 3.45. The Kier molecular flexibility index (Phi) is 2.59. The molecule has 2 heterocycles. The largest absolute Gasteiger partial charge is 0.416 e. The van der Waals surface area contributed by atoms with Crippen LogP contribution in [-0.2, 0) is 12.6 Å². The van der Waals surface area contributed by atoms with Crippen molar-refractivity contribution in [3.05, 3.63) is 35.8 Å². The molecule has 0 unspecified atom stereocenters. The first-order valence-corrected chi connectivity index (χ1v) is 4.75. The van der Waals surface area contributed by atoms with Crippen LogP contribution in [-0.4, -0.2) is 15.9 Å². The molecule has 0 aromatic carbocycles. The Bertz CT molecular complexity index is 501. The van der Waals surface area contributed by atoms with Gasteiger partial charge in [-0.05, 0) is 18.7 Å². The molecule has 2 aromatic rings. The van der Waals surface area contributed by atoms with E-state index in [9.17, 15) is 13.2 Å². The minimum atomic E-state index is -4.33. The van der Waals surface area contributed by atoms with Gasteiger partial charge in [-0.2, -0.15) is 13.2 Å². The molecule has 0 fully saturated rings. The van der Waals surface area contributed by atoms with Crippen LogP contribution in [0.25, 0.3) is 5.65 Å². The molecule has 0 amide bonds. The molecule has 2 aromatic heterocycles. The van der Waals surface area contributed by atoms with Crippen molar-refractivity contribution in [3.63, 3.8) is 0 Å². The molecule has 16 heavy (non-hydrogen) atoms. The molecule has 86 valence electrons. The molecule has 0 bridgehead atoms. The fourth-order valence-corrected chi connectivity index (χ4v) is 1.48. The van der Waals surface area contributed by atoms with Gasteiger partial charge >= 0.3 is 6.18 Å². The van der Waals surface area contributed by atoms with Gasteiger partial charge < -0.3 is 10.1 Å². The summed E-state index contributed by atoms with van der Waals surface area (Å²) in [7, 11) is 0. The fraction of sp³-hybridized carbons (Fsp3) is 0.300. The van der Waals surface area contributed by atoms with Gasteiger partial charge in [-0.3, -0.25) is 0 Å². The highest BCUT2D eigenvalue weighted by Gasteiger charge is 2.30. The molecular formula is C10H10F3N3. The number of hydrogen-bond acceptors (Lipinski definition) is 2. The first kappa shape index (κ1) is 10.9. The van der Waals surface area contributed by atoms with Crippen LogP contribution in [0.15, 0.2) is 24.5 Å². The monoisotopic (exact) mass is 229 g/mol. The van der Waals surface area contributed by atoms with Crippen LogP contribution in [0.3, 0.4) is 0 Å². The van der Waals surface area contributed by atoms with Crippen molar-refractivity contribution in [3.8, 4) is 0 Å². The highest BCUT2D eigenvalue weighted by atomic mass is 19.4. The minimum Gasteiger partial charge on any atom is -0.330 e. The highest BCUT2D eigenvalue weighted by Crippen LogP contribution is 2.29. The zero-order chi connectivity index (χ0) is 11.8. The predicted octanol–water partition coefficient (Wildman–Crippen LogP) is 1.85. The van der Waals surface area contributed by atoms with E-state index in [0.29, 0.717) is 24.3 Å². The van der Waals surface area contributed by atoms with E-state index in [2.05, 4.69) is 4.98 Å². The van der Waals surface area contributed by atoms with E-state index in [1.54, 1.807) is 10.6 Å². The molecule has 0 radical (unpaired) electrons. The van der Waals surface area contributed by atoms with Gasteiger partial charge in [0.15, 0.2) is 0 Å². The molecule has 3 nitrogen and oxygen atoms in total. The van der Waals surface area contributed by atoms with Gasteiger partial charge in [-0.1, -0.05) is 0 Å². The molecule has 0 aliphatic carbocycles. The number of hydrogen-bond donors (Lipinski definition) is 1. The maximum absolute atomic E-state index is 12.4. The second kappa shape index (κ2) is 3.79. The van der Waals surface area contributed by atoms with E-state index in [-0.39, 0.29) is 0 Å². The number of aromatic nitrogens is 2. The Morgan fingerprint density at radius 3 is 2.75 bits per heavy atom. The molecule has 0 aliphatic heterocycles. The van der Waals surface area contributed by atoms with Gasteiger partial charge in [0, 0.05) is 18.8 Å². The summed E-state index contributed by atoms with van der Waals surface area (Å²) in [5.74, 6) is 0. The van der Waals surface area contributed by atoms with Crippen LogP contribution < -0.4 is 5.73 Å². The van der Waals surface area contributed by atoms with Gasteiger partial charge in [0.2, 0.25) is 0 Å². The van der Waals surface area contributed by atoms with Crippen LogP contribution in [0.1, 0.15) is 11.3 Å². The topological polar surface area (TPSA) is 43.3 Å². The summed E-state index contributed by atoms with van der Waals surface area (Å²) in [6.45, 7) is 0.427. The summed E-state index contributed by atoms with van der Waals surface area (Å²) in [6, 6.07) is 2.06. The number of fused-ring (bicyclic) bond motifs is 1. The van der Waals surface area contributed by atoms with Crippen molar-refractivity contribution >= 4 is 5.65 Å². The summed E-state index contributed by atoms with van der Waals surface area (Å²) < 4.78 is 38.8. The average Bonchev–Trinajstić information content (AvgIpc) is 2.57. The third-order valence-electron chi connectivity index (χ3n) is 2.24. The van der Waals surface area contributed by atoms with E-state index in [1.165, 1.54) is 6.20 Å². The number of alkyl halides is 3.